The van der Waals surface area contributed by atoms with E-state index < -0.39 is 10.9 Å². The summed E-state index contributed by atoms with van der Waals surface area (Å²) in [6, 6.07) is 0. The minimum atomic E-state index is -0.871. The van der Waals surface area contributed by atoms with Gasteiger partial charge in [0.1, 0.15) is 5.69 Å². The lowest BCUT2D eigenvalue weighted by Gasteiger charge is -2.22. The van der Waals surface area contributed by atoms with Crippen LogP contribution in [0.5, 0.6) is 0 Å². The summed E-state index contributed by atoms with van der Waals surface area (Å²) in [5.41, 5.74) is 0.586. The number of carbonyl (C=O) groups is 1. The summed E-state index contributed by atoms with van der Waals surface area (Å²) in [7, 11) is 0. The molecule has 0 spiro atoms. The summed E-state index contributed by atoms with van der Waals surface area (Å²) in [6.45, 7) is 0.722. The SMILES string of the molecule is O=C(O)CCC1CCCn2cnc([N+](=O)[O-])c21. The number of aliphatic carboxylic acids is 1. The molecule has 2 heterocycles. The van der Waals surface area contributed by atoms with Crippen molar-refractivity contribution >= 4 is 11.8 Å². The number of carboxylic acid groups (broad SMARTS) is 1. The van der Waals surface area contributed by atoms with Crippen LogP contribution in [0.3, 0.4) is 0 Å². The molecule has 0 aromatic carbocycles. The van der Waals surface area contributed by atoms with Crippen molar-refractivity contribution in [2.75, 3.05) is 0 Å². The van der Waals surface area contributed by atoms with Crippen LogP contribution in [-0.2, 0) is 11.3 Å². The Hall–Kier alpha value is -1.92. The van der Waals surface area contributed by atoms with Gasteiger partial charge in [0.15, 0.2) is 0 Å². The van der Waals surface area contributed by atoms with Gasteiger partial charge < -0.3 is 19.8 Å². The third kappa shape index (κ3) is 2.27. The molecule has 1 aliphatic rings. The van der Waals surface area contributed by atoms with Crippen molar-refractivity contribution in [1.82, 2.24) is 9.55 Å². The van der Waals surface area contributed by atoms with Gasteiger partial charge in [-0.3, -0.25) is 4.79 Å². The molecule has 92 valence electrons. The highest BCUT2D eigenvalue weighted by molar-refractivity contribution is 5.66. The van der Waals surface area contributed by atoms with Gasteiger partial charge in [0, 0.05) is 18.9 Å². The van der Waals surface area contributed by atoms with E-state index in [0.29, 0.717) is 12.1 Å². The van der Waals surface area contributed by atoms with E-state index in [1.165, 1.54) is 6.33 Å². The molecule has 1 aliphatic heterocycles. The second-order valence-corrected chi connectivity index (χ2v) is 4.18. The summed E-state index contributed by atoms with van der Waals surface area (Å²) >= 11 is 0. The number of imidazole rings is 1. The lowest BCUT2D eigenvalue weighted by molar-refractivity contribution is -0.390. The van der Waals surface area contributed by atoms with Crippen LogP contribution in [0.4, 0.5) is 5.82 Å². The van der Waals surface area contributed by atoms with Gasteiger partial charge in [-0.1, -0.05) is 0 Å². The first kappa shape index (κ1) is 11.6. The predicted molar refractivity (Wildman–Crippen MR) is 57.7 cm³/mol. The molecule has 1 N–H and O–H groups in total. The number of fused-ring (bicyclic) bond motifs is 1. The number of carboxylic acids is 1. The molecule has 1 aromatic rings. The molecular weight excluding hydrogens is 226 g/mol. The van der Waals surface area contributed by atoms with Crippen LogP contribution in [0.25, 0.3) is 0 Å². The molecule has 0 saturated carbocycles. The van der Waals surface area contributed by atoms with Crippen molar-refractivity contribution in [1.29, 1.82) is 0 Å². The number of hydrogen-bond acceptors (Lipinski definition) is 4. The van der Waals surface area contributed by atoms with E-state index in [0.717, 1.165) is 19.4 Å². The van der Waals surface area contributed by atoms with Crippen molar-refractivity contribution in [3.63, 3.8) is 0 Å². The number of aryl methyl sites for hydroxylation is 1. The molecule has 7 nitrogen and oxygen atoms in total. The molecule has 2 rings (SSSR count). The molecule has 0 saturated heterocycles. The Morgan fingerprint density at radius 2 is 2.47 bits per heavy atom. The summed E-state index contributed by atoms with van der Waals surface area (Å²) in [6.07, 6.45) is 3.64. The smallest absolute Gasteiger partial charge is 0.385 e. The van der Waals surface area contributed by atoms with Crippen LogP contribution >= 0.6 is 0 Å². The summed E-state index contributed by atoms with van der Waals surface area (Å²) in [5, 5.41) is 19.5. The van der Waals surface area contributed by atoms with Crippen LogP contribution < -0.4 is 0 Å². The molecule has 0 bridgehead atoms. The van der Waals surface area contributed by atoms with Crippen molar-refractivity contribution in [3.8, 4) is 0 Å². The maximum atomic E-state index is 10.8. The number of nitrogens with zero attached hydrogens (tertiary/aromatic N) is 3. The van der Waals surface area contributed by atoms with Gasteiger partial charge >= 0.3 is 11.8 Å². The van der Waals surface area contributed by atoms with Crippen LogP contribution in [0.15, 0.2) is 6.33 Å². The van der Waals surface area contributed by atoms with Gasteiger partial charge in [0.2, 0.25) is 6.33 Å². The minimum absolute atomic E-state index is 0.0347. The minimum Gasteiger partial charge on any atom is -0.481 e. The molecule has 7 heteroatoms. The van der Waals surface area contributed by atoms with Gasteiger partial charge in [0.05, 0.1) is 0 Å². The van der Waals surface area contributed by atoms with Crippen molar-refractivity contribution < 1.29 is 14.8 Å². The van der Waals surface area contributed by atoms with Gasteiger partial charge in [0.25, 0.3) is 0 Å². The van der Waals surface area contributed by atoms with E-state index in [1.807, 2.05) is 0 Å². The number of hydrogen-bond donors (Lipinski definition) is 1. The third-order valence-corrected chi connectivity index (χ3v) is 3.08. The third-order valence-electron chi connectivity index (χ3n) is 3.08. The van der Waals surface area contributed by atoms with Gasteiger partial charge in [-0.05, 0) is 29.2 Å². The van der Waals surface area contributed by atoms with Crippen LogP contribution in [0, 0.1) is 10.1 Å². The zero-order chi connectivity index (χ0) is 12.4. The first-order chi connectivity index (χ1) is 8.09. The van der Waals surface area contributed by atoms with Crippen molar-refractivity contribution in [2.45, 2.75) is 38.1 Å². The van der Waals surface area contributed by atoms with Crippen LogP contribution in [-0.4, -0.2) is 25.6 Å². The Morgan fingerprint density at radius 1 is 1.71 bits per heavy atom. The molecule has 1 unspecified atom stereocenters. The molecule has 0 fully saturated rings. The first-order valence-electron chi connectivity index (χ1n) is 5.51. The fraction of sp³-hybridized carbons (Fsp3) is 0.600. The Kier molecular flexibility index (Phi) is 3.08. The molecule has 1 aromatic heterocycles. The second-order valence-electron chi connectivity index (χ2n) is 4.18. The normalized spacial score (nSPS) is 18.7. The lowest BCUT2D eigenvalue weighted by Crippen LogP contribution is -2.16. The average Bonchev–Trinajstić information content (AvgIpc) is 2.70. The van der Waals surface area contributed by atoms with Crippen LogP contribution in [0.1, 0.15) is 37.3 Å². The molecule has 0 aliphatic carbocycles. The maximum absolute atomic E-state index is 10.8. The van der Waals surface area contributed by atoms with Crippen molar-refractivity contribution in [3.05, 3.63) is 22.1 Å². The maximum Gasteiger partial charge on any atom is 0.385 e. The molecule has 0 radical (unpaired) electrons. The molecule has 1 atom stereocenters. The van der Waals surface area contributed by atoms with Gasteiger partial charge in [-0.2, -0.15) is 0 Å². The summed E-state index contributed by atoms with van der Waals surface area (Å²) < 4.78 is 1.77. The zero-order valence-corrected chi connectivity index (χ0v) is 9.20. The van der Waals surface area contributed by atoms with E-state index in [4.69, 9.17) is 5.11 Å². The Balaban J connectivity index is 2.25. The number of rotatable bonds is 4. The van der Waals surface area contributed by atoms with E-state index in [9.17, 15) is 14.9 Å². The average molecular weight is 239 g/mol. The standard InChI is InChI=1S/C10H13N3O4/c14-8(15)4-3-7-2-1-5-12-6-11-10(9(7)12)13(16)17/h6-7H,1-5H2,(H,14,15). The number of aromatic nitrogens is 2. The van der Waals surface area contributed by atoms with Crippen molar-refractivity contribution in [2.24, 2.45) is 0 Å². The first-order valence-corrected chi connectivity index (χ1v) is 5.51. The van der Waals surface area contributed by atoms with E-state index in [1.54, 1.807) is 4.57 Å². The highest BCUT2D eigenvalue weighted by Crippen LogP contribution is 2.36. The number of nitro groups is 1. The topological polar surface area (TPSA) is 98.3 Å². The van der Waals surface area contributed by atoms with E-state index in [-0.39, 0.29) is 18.2 Å². The highest BCUT2D eigenvalue weighted by Gasteiger charge is 2.31. The van der Waals surface area contributed by atoms with E-state index >= 15 is 0 Å². The monoisotopic (exact) mass is 239 g/mol. The van der Waals surface area contributed by atoms with Crippen LogP contribution in [0.2, 0.25) is 0 Å². The Labute approximate surface area is 97.2 Å². The molecule has 17 heavy (non-hydrogen) atoms. The zero-order valence-electron chi connectivity index (χ0n) is 9.20. The summed E-state index contributed by atoms with van der Waals surface area (Å²) in [5.74, 6) is -1.06. The Bertz CT molecular complexity index is 454. The lowest BCUT2D eigenvalue weighted by atomic mass is 9.91. The Morgan fingerprint density at radius 3 is 3.12 bits per heavy atom. The molecular formula is C10H13N3O4. The van der Waals surface area contributed by atoms with Gasteiger partial charge in [-0.25, -0.2) is 0 Å². The van der Waals surface area contributed by atoms with Gasteiger partial charge in [-0.15, -0.1) is 0 Å². The fourth-order valence-corrected chi connectivity index (χ4v) is 2.34. The quantitative estimate of drug-likeness (QED) is 0.634. The fourth-order valence-electron chi connectivity index (χ4n) is 2.34. The van der Waals surface area contributed by atoms with E-state index in [2.05, 4.69) is 4.98 Å². The summed E-state index contributed by atoms with van der Waals surface area (Å²) in [4.78, 5) is 24.7. The second kappa shape index (κ2) is 4.52. The predicted octanol–water partition coefficient (Wildman–Crippen LogP) is 1.53. The highest BCUT2D eigenvalue weighted by atomic mass is 16.6. The largest absolute Gasteiger partial charge is 0.481 e. The molecule has 0 amide bonds.